The van der Waals surface area contributed by atoms with E-state index in [4.69, 9.17) is 9.15 Å². The number of hydrogen-bond donors (Lipinski definition) is 0. The molecule has 0 radical (unpaired) electrons. The lowest BCUT2D eigenvalue weighted by Crippen LogP contribution is -2.30. The average Bonchev–Trinajstić information content (AvgIpc) is 3.58. The van der Waals surface area contributed by atoms with E-state index < -0.39 is 0 Å². The van der Waals surface area contributed by atoms with Crippen molar-refractivity contribution in [1.82, 2.24) is 14.8 Å². The van der Waals surface area contributed by atoms with Gasteiger partial charge in [-0.15, -0.1) is 0 Å². The topological polar surface area (TPSA) is 58.8 Å². The van der Waals surface area contributed by atoms with Gasteiger partial charge in [0.25, 0.3) is 11.1 Å². The number of ether oxygens (including phenoxy) is 1. The fraction of sp³-hybridized carbons (Fsp3) is 0.200. The molecule has 32 heavy (non-hydrogen) atoms. The Morgan fingerprint density at radius 2 is 1.97 bits per heavy atom. The maximum absolute atomic E-state index is 12.5. The first-order valence-corrected chi connectivity index (χ1v) is 11.4. The van der Waals surface area contributed by atoms with Crippen molar-refractivity contribution in [3.8, 4) is 10.9 Å². The van der Waals surface area contributed by atoms with Gasteiger partial charge >= 0.3 is 0 Å². The molecular formula is C25H21N3O3S. The third-order valence-corrected chi connectivity index (χ3v) is 6.86. The number of furan rings is 1. The molecule has 2 aromatic carbocycles. The molecule has 0 bridgehead atoms. The van der Waals surface area contributed by atoms with E-state index in [9.17, 15) is 4.79 Å². The van der Waals surface area contributed by atoms with Crippen LogP contribution in [0.2, 0.25) is 0 Å². The number of thiazole rings is 1. The number of fused-ring (bicyclic) bond motifs is 2. The van der Waals surface area contributed by atoms with Crippen LogP contribution >= 0.6 is 11.3 Å². The molecule has 2 aliphatic rings. The number of carbonyl (C=O) groups excluding carboxylic acids is 1. The fourth-order valence-corrected chi connectivity index (χ4v) is 5.24. The van der Waals surface area contributed by atoms with Gasteiger partial charge in [0.05, 0.1) is 16.5 Å². The van der Waals surface area contributed by atoms with Gasteiger partial charge in [-0.25, -0.2) is 4.98 Å². The molecular weight excluding hydrogens is 422 g/mol. The summed E-state index contributed by atoms with van der Waals surface area (Å²) in [5, 5.41) is 0.657. The zero-order valence-corrected chi connectivity index (χ0v) is 18.1. The SMILES string of the molecule is O=C(c1ccco1)N1CC2=CN(Cc3ccc(Oc4nc5ccccc5s4)cc3)CC2C1. The lowest BCUT2D eigenvalue weighted by atomic mass is 10.1. The van der Waals surface area contributed by atoms with E-state index in [-0.39, 0.29) is 5.91 Å². The number of carbonyl (C=O) groups is 1. The first kappa shape index (κ1) is 19.1. The summed E-state index contributed by atoms with van der Waals surface area (Å²) in [5.41, 5.74) is 3.50. The van der Waals surface area contributed by atoms with Crippen molar-refractivity contribution in [3.63, 3.8) is 0 Å². The molecule has 1 atom stereocenters. The first-order valence-electron chi connectivity index (χ1n) is 10.6. The molecule has 1 fully saturated rings. The molecule has 4 heterocycles. The second kappa shape index (κ2) is 7.84. The Morgan fingerprint density at radius 1 is 1.09 bits per heavy atom. The van der Waals surface area contributed by atoms with Gasteiger partial charge < -0.3 is 19.0 Å². The lowest BCUT2D eigenvalue weighted by Gasteiger charge is -2.20. The van der Waals surface area contributed by atoms with E-state index in [1.807, 2.05) is 35.2 Å². The third-order valence-electron chi connectivity index (χ3n) is 5.95. The van der Waals surface area contributed by atoms with Gasteiger partial charge in [-0.2, -0.15) is 0 Å². The quantitative estimate of drug-likeness (QED) is 0.427. The molecule has 1 saturated heterocycles. The summed E-state index contributed by atoms with van der Waals surface area (Å²) < 4.78 is 12.3. The Kier molecular flexibility index (Phi) is 4.69. The molecule has 0 spiro atoms. The zero-order chi connectivity index (χ0) is 21.5. The number of hydrogen-bond acceptors (Lipinski definition) is 6. The molecule has 0 saturated carbocycles. The van der Waals surface area contributed by atoms with E-state index in [2.05, 4.69) is 34.3 Å². The van der Waals surface area contributed by atoms with Crippen molar-refractivity contribution < 1.29 is 13.9 Å². The number of para-hydroxylation sites is 1. The van der Waals surface area contributed by atoms with Crippen LogP contribution in [0.25, 0.3) is 10.2 Å². The minimum Gasteiger partial charge on any atom is -0.459 e. The molecule has 4 aromatic rings. The third kappa shape index (κ3) is 3.65. The second-order valence-electron chi connectivity index (χ2n) is 8.19. The van der Waals surface area contributed by atoms with E-state index in [0.717, 1.165) is 35.6 Å². The van der Waals surface area contributed by atoms with Gasteiger partial charge in [-0.1, -0.05) is 35.6 Å². The van der Waals surface area contributed by atoms with Crippen molar-refractivity contribution in [2.24, 2.45) is 5.92 Å². The largest absolute Gasteiger partial charge is 0.459 e. The number of nitrogens with zero attached hydrogens (tertiary/aromatic N) is 3. The summed E-state index contributed by atoms with van der Waals surface area (Å²) in [6.45, 7) is 3.20. The first-order chi connectivity index (χ1) is 15.7. The van der Waals surface area contributed by atoms with Crippen LogP contribution in [0.5, 0.6) is 10.9 Å². The highest BCUT2D eigenvalue weighted by Crippen LogP contribution is 2.33. The van der Waals surface area contributed by atoms with E-state index >= 15 is 0 Å². The molecule has 160 valence electrons. The summed E-state index contributed by atoms with van der Waals surface area (Å²) in [4.78, 5) is 21.2. The molecule has 7 heteroatoms. The molecule has 0 aliphatic carbocycles. The van der Waals surface area contributed by atoms with Crippen molar-refractivity contribution >= 4 is 27.5 Å². The molecule has 2 aliphatic heterocycles. The molecule has 1 amide bonds. The van der Waals surface area contributed by atoms with Gasteiger partial charge in [0.15, 0.2) is 5.76 Å². The van der Waals surface area contributed by atoms with Crippen LogP contribution in [0, 0.1) is 5.92 Å². The van der Waals surface area contributed by atoms with Crippen LogP contribution in [0.3, 0.4) is 0 Å². The number of benzene rings is 2. The van der Waals surface area contributed by atoms with Crippen LogP contribution in [0.1, 0.15) is 16.1 Å². The van der Waals surface area contributed by atoms with Crippen molar-refractivity contribution in [3.05, 3.63) is 90.0 Å². The van der Waals surface area contributed by atoms with E-state index in [0.29, 0.717) is 23.4 Å². The number of aromatic nitrogens is 1. The van der Waals surface area contributed by atoms with Crippen LogP contribution in [0.4, 0.5) is 0 Å². The van der Waals surface area contributed by atoms with Crippen LogP contribution in [-0.4, -0.2) is 40.3 Å². The lowest BCUT2D eigenvalue weighted by molar-refractivity contribution is 0.0753. The van der Waals surface area contributed by atoms with Gasteiger partial charge in [-0.05, 0) is 47.5 Å². The summed E-state index contributed by atoms with van der Waals surface area (Å²) >= 11 is 1.55. The number of rotatable bonds is 5. The molecule has 2 aromatic heterocycles. The highest BCUT2D eigenvalue weighted by Gasteiger charge is 2.36. The maximum Gasteiger partial charge on any atom is 0.289 e. The molecule has 6 rings (SSSR count). The molecule has 0 N–H and O–H groups in total. The van der Waals surface area contributed by atoms with Crippen molar-refractivity contribution in [1.29, 1.82) is 0 Å². The molecule has 1 unspecified atom stereocenters. The predicted octanol–water partition coefficient (Wildman–Crippen LogP) is 5.15. The Bertz CT molecular complexity index is 1260. The Labute approximate surface area is 189 Å². The maximum atomic E-state index is 12.5. The molecule has 6 nitrogen and oxygen atoms in total. The average molecular weight is 444 g/mol. The normalized spacial score (nSPS) is 17.6. The summed E-state index contributed by atoms with van der Waals surface area (Å²) in [6.07, 6.45) is 3.76. The van der Waals surface area contributed by atoms with Gasteiger partial charge in [0.2, 0.25) is 0 Å². The van der Waals surface area contributed by atoms with Gasteiger partial charge in [0.1, 0.15) is 5.75 Å². The summed E-state index contributed by atoms with van der Waals surface area (Å²) in [6, 6.07) is 19.7. The minimum atomic E-state index is -0.0273. The highest BCUT2D eigenvalue weighted by molar-refractivity contribution is 7.20. The second-order valence-corrected chi connectivity index (χ2v) is 9.18. The smallest absolute Gasteiger partial charge is 0.289 e. The van der Waals surface area contributed by atoms with Crippen molar-refractivity contribution in [2.75, 3.05) is 19.6 Å². The zero-order valence-electron chi connectivity index (χ0n) is 17.3. The standard InChI is InChI=1S/C25H21N3O3S/c29-24(22-5-3-11-30-22)28-15-18-13-27(14-19(18)16-28)12-17-7-9-20(10-8-17)31-25-26-21-4-1-2-6-23(21)32-25/h1-11,13,19H,12,14-16H2. The summed E-state index contributed by atoms with van der Waals surface area (Å²) in [5.74, 6) is 1.57. The van der Waals surface area contributed by atoms with E-state index in [1.165, 1.54) is 11.1 Å². The van der Waals surface area contributed by atoms with E-state index in [1.54, 1.807) is 29.7 Å². The number of amides is 1. The predicted molar refractivity (Wildman–Crippen MR) is 123 cm³/mol. The fourth-order valence-electron chi connectivity index (χ4n) is 4.40. The van der Waals surface area contributed by atoms with Gasteiger partial charge in [-0.3, -0.25) is 4.79 Å². The van der Waals surface area contributed by atoms with Crippen LogP contribution in [0.15, 0.2) is 83.1 Å². The Morgan fingerprint density at radius 3 is 2.75 bits per heavy atom. The van der Waals surface area contributed by atoms with Gasteiger partial charge in [0, 0.05) is 38.3 Å². The number of likely N-dealkylation sites (tertiary alicyclic amines) is 1. The Balaban J connectivity index is 1.07. The minimum absolute atomic E-state index is 0.0273. The summed E-state index contributed by atoms with van der Waals surface area (Å²) in [7, 11) is 0. The highest BCUT2D eigenvalue weighted by atomic mass is 32.1. The van der Waals surface area contributed by atoms with Crippen molar-refractivity contribution in [2.45, 2.75) is 6.54 Å². The van der Waals surface area contributed by atoms with Crippen LogP contribution in [-0.2, 0) is 6.54 Å². The monoisotopic (exact) mass is 443 g/mol. The Hall–Kier alpha value is -3.58. The van der Waals surface area contributed by atoms with Crippen LogP contribution < -0.4 is 4.74 Å².